The zero-order chi connectivity index (χ0) is 13.5. The van der Waals surface area contributed by atoms with Crippen molar-refractivity contribution in [2.75, 3.05) is 18.7 Å². The van der Waals surface area contributed by atoms with E-state index in [0.717, 1.165) is 35.2 Å². The van der Waals surface area contributed by atoms with Gasteiger partial charge in [-0.05, 0) is 35.7 Å². The van der Waals surface area contributed by atoms with E-state index >= 15 is 0 Å². The Bertz CT molecular complexity index is 654. The van der Waals surface area contributed by atoms with Crippen LogP contribution in [-0.2, 0) is 6.42 Å². The minimum atomic E-state index is 0.318. The van der Waals surface area contributed by atoms with Crippen LogP contribution in [0.15, 0.2) is 36.4 Å². The number of ether oxygens (including phenoxy) is 2. The summed E-state index contributed by atoms with van der Waals surface area (Å²) >= 11 is 5.95. The van der Waals surface area contributed by atoms with E-state index in [-0.39, 0.29) is 0 Å². The van der Waals surface area contributed by atoms with E-state index in [2.05, 4.69) is 23.5 Å². The molecule has 0 aromatic heterocycles. The molecule has 2 heterocycles. The fourth-order valence-corrected chi connectivity index (χ4v) is 2.98. The topological polar surface area (TPSA) is 30.5 Å². The third-order valence-corrected chi connectivity index (χ3v) is 4.20. The molecule has 1 unspecified atom stereocenters. The standard InChI is InChI=1S/C16H14ClNO2/c17-13-3-1-10(2-4-13)12-5-11-6-15-16(20-9-19-15)7-14(11)18-8-12/h1-4,6-7,12,18H,5,8-9H2. The van der Waals surface area contributed by atoms with Gasteiger partial charge < -0.3 is 14.8 Å². The molecule has 0 bridgehead atoms. The SMILES string of the molecule is Clc1ccc(C2CNc3cc4c(cc3C2)OCO4)cc1. The van der Waals surface area contributed by atoms with Crippen LogP contribution in [0.1, 0.15) is 17.0 Å². The van der Waals surface area contributed by atoms with E-state index in [1.54, 1.807) is 0 Å². The van der Waals surface area contributed by atoms with Gasteiger partial charge in [0.25, 0.3) is 0 Å². The van der Waals surface area contributed by atoms with Gasteiger partial charge in [0, 0.05) is 29.2 Å². The number of halogens is 1. The molecule has 2 aliphatic rings. The van der Waals surface area contributed by atoms with Gasteiger partial charge in [-0.1, -0.05) is 23.7 Å². The van der Waals surface area contributed by atoms with Crippen LogP contribution in [0, 0.1) is 0 Å². The number of hydrogen-bond donors (Lipinski definition) is 1. The lowest BCUT2D eigenvalue weighted by Gasteiger charge is -2.26. The van der Waals surface area contributed by atoms with Crippen molar-refractivity contribution in [1.29, 1.82) is 0 Å². The summed E-state index contributed by atoms with van der Waals surface area (Å²) in [7, 11) is 0. The fourth-order valence-electron chi connectivity index (χ4n) is 2.86. The lowest BCUT2D eigenvalue weighted by atomic mass is 9.88. The molecule has 4 heteroatoms. The number of benzene rings is 2. The molecule has 0 saturated carbocycles. The molecular formula is C16H14ClNO2. The van der Waals surface area contributed by atoms with Gasteiger partial charge in [-0.15, -0.1) is 0 Å². The van der Waals surface area contributed by atoms with Crippen molar-refractivity contribution >= 4 is 17.3 Å². The Labute approximate surface area is 122 Å². The Morgan fingerprint density at radius 3 is 2.60 bits per heavy atom. The van der Waals surface area contributed by atoms with Crippen molar-refractivity contribution in [2.45, 2.75) is 12.3 Å². The van der Waals surface area contributed by atoms with Gasteiger partial charge in [0.1, 0.15) is 0 Å². The maximum absolute atomic E-state index is 5.95. The molecule has 2 aromatic carbocycles. The molecule has 0 fully saturated rings. The molecule has 0 saturated heterocycles. The first-order valence-electron chi connectivity index (χ1n) is 6.71. The van der Waals surface area contributed by atoms with Gasteiger partial charge in [-0.25, -0.2) is 0 Å². The summed E-state index contributed by atoms with van der Waals surface area (Å²) in [4.78, 5) is 0. The lowest BCUT2D eigenvalue weighted by molar-refractivity contribution is 0.174. The predicted octanol–water partition coefficient (Wildman–Crippen LogP) is 3.82. The van der Waals surface area contributed by atoms with Crippen molar-refractivity contribution < 1.29 is 9.47 Å². The van der Waals surface area contributed by atoms with E-state index < -0.39 is 0 Å². The normalized spacial score (nSPS) is 19.4. The molecule has 0 amide bonds. The van der Waals surface area contributed by atoms with Crippen molar-refractivity contribution in [2.24, 2.45) is 0 Å². The molecule has 4 rings (SSSR count). The Kier molecular flexibility index (Phi) is 2.74. The number of rotatable bonds is 1. The van der Waals surface area contributed by atoms with Crippen LogP contribution in [0.4, 0.5) is 5.69 Å². The molecule has 0 radical (unpaired) electrons. The van der Waals surface area contributed by atoms with Gasteiger partial charge >= 0.3 is 0 Å². The summed E-state index contributed by atoms with van der Waals surface area (Å²) in [5.41, 5.74) is 3.74. The van der Waals surface area contributed by atoms with Crippen LogP contribution in [0.5, 0.6) is 11.5 Å². The Hall–Kier alpha value is -1.87. The Balaban J connectivity index is 1.64. The van der Waals surface area contributed by atoms with E-state index in [9.17, 15) is 0 Å². The molecule has 0 aliphatic carbocycles. The maximum atomic E-state index is 5.95. The quantitative estimate of drug-likeness (QED) is 0.865. The van der Waals surface area contributed by atoms with Gasteiger partial charge in [0.2, 0.25) is 6.79 Å². The highest BCUT2D eigenvalue weighted by atomic mass is 35.5. The van der Waals surface area contributed by atoms with Crippen LogP contribution in [0.3, 0.4) is 0 Å². The third kappa shape index (κ3) is 1.98. The smallest absolute Gasteiger partial charge is 0.231 e. The molecule has 20 heavy (non-hydrogen) atoms. The van der Waals surface area contributed by atoms with E-state index in [1.807, 2.05) is 18.2 Å². The number of hydrogen-bond acceptors (Lipinski definition) is 3. The molecular weight excluding hydrogens is 274 g/mol. The second-order valence-corrected chi connectivity index (χ2v) is 5.63. The van der Waals surface area contributed by atoms with Gasteiger partial charge in [-0.2, -0.15) is 0 Å². The molecule has 0 spiro atoms. The molecule has 2 aliphatic heterocycles. The fraction of sp³-hybridized carbons (Fsp3) is 0.250. The molecule has 3 nitrogen and oxygen atoms in total. The summed E-state index contributed by atoms with van der Waals surface area (Å²) in [5.74, 6) is 2.14. The largest absolute Gasteiger partial charge is 0.454 e. The summed E-state index contributed by atoms with van der Waals surface area (Å²) in [6, 6.07) is 12.2. The van der Waals surface area contributed by atoms with Crippen molar-refractivity contribution in [3.63, 3.8) is 0 Å². The molecule has 2 aromatic rings. The minimum Gasteiger partial charge on any atom is -0.454 e. The first-order chi connectivity index (χ1) is 9.79. The van der Waals surface area contributed by atoms with Crippen molar-refractivity contribution in [3.05, 3.63) is 52.5 Å². The third-order valence-electron chi connectivity index (χ3n) is 3.95. The van der Waals surface area contributed by atoms with Crippen LogP contribution in [0.2, 0.25) is 5.02 Å². The first-order valence-corrected chi connectivity index (χ1v) is 7.09. The second kappa shape index (κ2) is 4.60. The highest BCUT2D eigenvalue weighted by Gasteiger charge is 2.24. The van der Waals surface area contributed by atoms with Gasteiger partial charge in [-0.3, -0.25) is 0 Å². The number of nitrogens with one attached hydrogen (secondary N) is 1. The average Bonchev–Trinajstić information content (AvgIpc) is 2.92. The predicted molar refractivity (Wildman–Crippen MR) is 79.0 cm³/mol. The zero-order valence-electron chi connectivity index (χ0n) is 10.9. The van der Waals surface area contributed by atoms with Crippen LogP contribution < -0.4 is 14.8 Å². The number of fused-ring (bicyclic) bond motifs is 2. The lowest BCUT2D eigenvalue weighted by Crippen LogP contribution is -2.21. The van der Waals surface area contributed by atoms with E-state index in [1.165, 1.54) is 11.1 Å². The Morgan fingerprint density at radius 2 is 1.80 bits per heavy atom. The molecule has 1 N–H and O–H groups in total. The van der Waals surface area contributed by atoms with Gasteiger partial charge in [0.05, 0.1) is 0 Å². The summed E-state index contributed by atoms with van der Waals surface area (Å²) in [6.45, 7) is 1.24. The zero-order valence-corrected chi connectivity index (χ0v) is 11.6. The van der Waals surface area contributed by atoms with E-state index in [0.29, 0.717) is 12.7 Å². The monoisotopic (exact) mass is 287 g/mol. The van der Waals surface area contributed by atoms with E-state index in [4.69, 9.17) is 21.1 Å². The maximum Gasteiger partial charge on any atom is 0.231 e. The van der Waals surface area contributed by atoms with Crippen LogP contribution in [-0.4, -0.2) is 13.3 Å². The highest BCUT2D eigenvalue weighted by molar-refractivity contribution is 6.30. The number of anilines is 1. The average molecular weight is 288 g/mol. The van der Waals surface area contributed by atoms with Crippen molar-refractivity contribution in [3.8, 4) is 11.5 Å². The summed E-state index contributed by atoms with van der Waals surface area (Å²) in [5, 5.41) is 4.27. The van der Waals surface area contributed by atoms with Crippen molar-refractivity contribution in [1.82, 2.24) is 0 Å². The highest BCUT2D eigenvalue weighted by Crippen LogP contribution is 2.40. The van der Waals surface area contributed by atoms with Gasteiger partial charge in [0.15, 0.2) is 11.5 Å². The first kappa shape index (κ1) is 11.9. The summed E-state index contributed by atoms with van der Waals surface area (Å²) < 4.78 is 10.9. The Morgan fingerprint density at radius 1 is 1.05 bits per heavy atom. The molecule has 1 atom stereocenters. The molecule has 102 valence electrons. The minimum absolute atomic E-state index is 0.318. The van der Waals surface area contributed by atoms with Crippen LogP contribution >= 0.6 is 11.6 Å². The van der Waals surface area contributed by atoms with Crippen LogP contribution in [0.25, 0.3) is 0 Å². The summed E-state index contributed by atoms with van der Waals surface area (Å²) in [6.07, 6.45) is 1.00. The second-order valence-electron chi connectivity index (χ2n) is 5.20.